The van der Waals surface area contributed by atoms with Crippen LogP contribution in [-0.4, -0.2) is 54.3 Å². The molecule has 5 heteroatoms. The zero-order valence-electron chi connectivity index (χ0n) is 17.1. The summed E-state index contributed by atoms with van der Waals surface area (Å²) < 4.78 is 0. The quantitative estimate of drug-likeness (QED) is 0.898. The van der Waals surface area contributed by atoms with Gasteiger partial charge >= 0.3 is 0 Å². The zero-order chi connectivity index (χ0) is 19.5. The van der Waals surface area contributed by atoms with Crippen molar-refractivity contribution in [3.05, 3.63) is 29.3 Å². The van der Waals surface area contributed by atoms with Crippen LogP contribution in [-0.2, 0) is 9.59 Å². The summed E-state index contributed by atoms with van der Waals surface area (Å²) in [4.78, 5) is 28.9. The first-order chi connectivity index (χ1) is 12.1. The fourth-order valence-corrected chi connectivity index (χ4v) is 3.31. The maximum absolute atomic E-state index is 12.5. The van der Waals surface area contributed by atoms with Gasteiger partial charge in [-0.2, -0.15) is 0 Å². The van der Waals surface area contributed by atoms with Crippen molar-refractivity contribution < 1.29 is 9.59 Å². The minimum atomic E-state index is -0.350. The van der Waals surface area contributed by atoms with Gasteiger partial charge in [0.25, 0.3) is 0 Å². The van der Waals surface area contributed by atoms with Gasteiger partial charge in [-0.25, -0.2) is 0 Å². The van der Waals surface area contributed by atoms with Crippen molar-refractivity contribution in [1.29, 1.82) is 0 Å². The molecule has 1 fully saturated rings. The van der Waals surface area contributed by atoms with E-state index in [0.29, 0.717) is 25.6 Å². The Bertz CT molecular complexity index is 654. The molecule has 26 heavy (non-hydrogen) atoms. The number of aryl methyl sites for hydroxylation is 1. The van der Waals surface area contributed by atoms with Gasteiger partial charge in [-0.1, -0.05) is 52.8 Å². The topological polar surface area (TPSA) is 52.7 Å². The SMILES string of the molecule is Cc1cccc(C(C)C)c1NC(=O)CN1CCN(C(=O)C(C)(C)C)CC1. The van der Waals surface area contributed by atoms with Crippen molar-refractivity contribution in [3.63, 3.8) is 0 Å². The number of amides is 2. The minimum absolute atomic E-state index is 0.0109. The number of benzene rings is 1. The third-order valence-electron chi connectivity index (χ3n) is 4.86. The molecule has 0 atom stereocenters. The van der Waals surface area contributed by atoms with E-state index in [-0.39, 0.29) is 17.2 Å². The highest BCUT2D eigenvalue weighted by Gasteiger charge is 2.30. The predicted molar refractivity (Wildman–Crippen MR) is 106 cm³/mol. The number of anilines is 1. The molecule has 1 N–H and O–H groups in total. The Balaban J connectivity index is 1.92. The molecular formula is C21H33N3O2. The monoisotopic (exact) mass is 359 g/mol. The molecule has 0 aliphatic carbocycles. The van der Waals surface area contributed by atoms with Gasteiger partial charge in [-0.3, -0.25) is 14.5 Å². The van der Waals surface area contributed by atoms with Crippen molar-refractivity contribution in [2.24, 2.45) is 5.41 Å². The Hall–Kier alpha value is -1.88. The Morgan fingerprint density at radius 3 is 2.27 bits per heavy atom. The van der Waals surface area contributed by atoms with Gasteiger partial charge in [0.2, 0.25) is 11.8 Å². The van der Waals surface area contributed by atoms with Crippen LogP contribution in [0.15, 0.2) is 18.2 Å². The molecule has 1 heterocycles. The smallest absolute Gasteiger partial charge is 0.238 e. The highest BCUT2D eigenvalue weighted by molar-refractivity contribution is 5.94. The molecule has 0 saturated carbocycles. The van der Waals surface area contributed by atoms with E-state index in [1.165, 1.54) is 5.56 Å². The van der Waals surface area contributed by atoms with Crippen molar-refractivity contribution in [2.45, 2.75) is 47.5 Å². The first-order valence-corrected chi connectivity index (χ1v) is 9.50. The minimum Gasteiger partial charge on any atom is -0.340 e. The summed E-state index contributed by atoms with van der Waals surface area (Å²) in [5.74, 6) is 0.553. The van der Waals surface area contributed by atoms with Gasteiger partial charge < -0.3 is 10.2 Å². The first kappa shape index (κ1) is 20.4. The van der Waals surface area contributed by atoms with E-state index in [1.807, 2.05) is 44.7 Å². The molecule has 0 aromatic heterocycles. The second kappa shape index (κ2) is 8.21. The lowest BCUT2D eigenvalue weighted by Gasteiger charge is -2.37. The van der Waals surface area contributed by atoms with E-state index in [4.69, 9.17) is 0 Å². The van der Waals surface area contributed by atoms with Gasteiger partial charge in [-0.15, -0.1) is 0 Å². The van der Waals surface area contributed by atoms with Gasteiger partial charge in [0.15, 0.2) is 0 Å². The van der Waals surface area contributed by atoms with Crippen LogP contribution in [0.25, 0.3) is 0 Å². The number of rotatable bonds is 4. The summed E-state index contributed by atoms with van der Waals surface area (Å²) >= 11 is 0. The van der Waals surface area contributed by atoms with Crippen molar-refractivity contribution in [1.82, 2.24) is 9.80 Å². The number of nitrogens with one attached hydrogen (secondary N) is 1. The lowest BCUT2D eigenvalue weighted by molar-refractivity contribution is -0.141. The molecule has 1 saturated heterocycles. The summed E-state index contributed by atoms with van der Waals surface area (Å²) in [7, 11) is 0. The molecule has 2 amide bonds. The zero-order valence-corrected chi connectivity index (χ0v) is 17.1. The number of hydrogen-bond acceptors (Lipinski definition) is 3. The lowest BCUT2D eigenvalue weighted by Crippen LogP contribution is -2.52. The third kappa shape index (κ3) is 5.07. The van der Waals surface area contributed by atoms with Crippen LogP contribution < -0.4 is 5.32 Å². The maximum atomic E-state index is 12.5. The van der Waals surface area contributed by atoms with Crippen molar-refractivity contribution in [2.75, 3.05) is 38.0 Å². The van der Waals surface area contributed by atoms with Gasteiger partial charge in [0.05, 0.1) is 6.54 Å². The highest BCUT2D eigenvalue weighted by Crippen LogP contribution is 2.27. The van der Waals surface area contributed by atoms with Crippen LogP contribution in [0, 0.1) is 12.3 Å². The second-order valence-electron chi connectivity index (χ2n) is 8.56. The molecular weight excluding hydrogens is 326 g/mol. The molecule has 0 spiro atoms. The molecule has 5 nitrogen and oxygen atoms in total. The van der Waals surface area contributed by atoms with Crippen LogP contribution in [0.3, 0.4) is 0 Å². The third-order valence-corrected chi connectivity index (χ3v) is 4.86. The number of carbonyl (C=O) groups is 2. The van der Waals surface area contributed by atoms with Crippen LogP contribution in [0.5, 0.6) is 0 Å². The standard InChI is InChI=1S/C21H33N3O2/c1-15(2)17-9-7-8-16(3)19(17)22-18(25)14-23-10-12-24(13-11-23)20(26)21(4,5)6/h7-9,15H,10-14H2,1-6H3,(H,22,25). The van der Waals surface area contributed by atoms with E-state index in [9.17, 15) is 9.59 Å². The van der Waals surface area contributed by atoms with E-state index in [0.717, 1.165) is 24.3 Å². The summed E-state index contributed by atoms with van der Waals surface area (Å²) in [5, 5.41) is 3.10. The summed E-state index contributed by atoms with van der Waals surface area (Å²) in [5.41, 5.74) is 2.84. The molecule has 0 unspecified atom stereocenters. The highest BCUT2D eigenvalue weighted by atomic mass is 16.2. The van der Waals surface area contributed by atoms with Crippen LogP contribution in [0.1, 0.15) is 51.7 Å². The molecule has 1 aromatic carbocycles. The maximum Gasteiger partial charge on any atom is 0.238 e. The van der Waals surface area contributed by atoms with Crippen LogP contribution in [0.4, 0.5) is 5.69 Å². The lowest BCUT2D eigenvalue weighted by atomic mass is 9.94. The van der Waals surface area contributed by atoms with Gasteiger partial charge in [-0.05, 0) is 24.0 Å². The van der Waals surface area contributed by atoms with E-state index < -0.39 is 0 Å². The average Bonchev–Trinajstić information content (AvgIpc) is 2.55. The summed E-state index contributed by atoms with van der Waals surface area (Å²) in [6.07, 6.45) is 0. The second-order valence-corrected chi connectivity index (χ2v) is 8.56. The Labute approximate surface area is 157 Å². The summed E-state index contributed by atoms with van der Waals surface area (Å²) in [6, 6.07) is 6.13. The van der Waals surface area contributed by atoms with E-state index in [1.54, 1.807) is 0 Å². The van der Waals surface area contributed by atoms with Gasteiger partial charge in [0.1, 0.15) is 0 Å². The van der Waals surface area contributed by atoms with E-state index in [2.05, 4.69) is 30.1 Å². The number of carbonyl (C=O) groups excluding carboxylic acids is 2. The number of nitrogens with zero attached hydrogens (tertiary/aromatic N) is 2. The fourth-order valence-electron chi connectivity index (χ4n) is 3.31. The van der Waals surface area contributed by atoms with Crippen LogP contribution in [0.2, 0.25) is 0 Å². The average molecular weight is 360 g/mol. The molecule has 1 aliphatic rings. The molecule has 0 bridgehead atoms. The van der Waals surface area contributed by atoms with E-state index >= 15 is 0 Å². The molecule has 0 radical (unpaired) electrons. The predicted octanol–water partition coefficient (Wildman–Crippen LogP) is 3.25. The van der Waals surface area contributed by atoms with Crippen molar-refractivity contribution >= 4 is 17.5 Å². The Morgan fingerprint density at radius 2 is 1.73 bits per heavy atom. The summed E-state index contributed by atoms with van der Waals surface area (Å²) in [6.45, 7) is 15.3. The number of hydrogen-bond donors (Lipinski definition) is 1. The van der Waals surface area contributed by atoms with Gasteiger partial charge in [0, 0.05) is 37.3 Å². The molecule has 2 rings (SSSR count). The largest absolute Gasteiger partial charge is 0.340 e. The molecule has 144 valence electrons. The Kier molecular flexibility index (Phi) is 6.45. The molecule has 1 aromatic rings. The normalized spacial score (nSPS) is 16.0. The fraction of sp³-hybridized carbons (Fsp3) is 0.619. The molecule has 1 aliphatic heterocycles. The van der Waals surface area contributed by atoms with Crippen molar-refractivity contribution in [3.8, 4) is 0 Å². The first-order valence-electron chi connectivity index (χ1n) is 9.50. The van der Waals surface area contributed by atoms with Crippen LogP contribution >= 0.6 is 0 Å². The number of piperazine rings is 1. The Morgan fingerprint density at radius 1 is 1.12 bits per heavy atom. The number of para-hydroxylation sites is 1.